The Morgan fingerprint density at radius 1 is 1.08 bits per heavy atom. The van der Waals surface area contributed by atoms with Crippen molar-refractivity contribution < 1.29 is 18.0 Å². The number of benzene rings is 2. The zero-order valence-corrected chi connectivity index (χ0v) is 13.7. The van der Waals surface area contributed by atoms with Crippen LogP contribution in [-0.2, 0) is 6.18 Å². The predicted octanol–water partition coefficient (Wildman–Crippen LogP) is 3.70. The fourth-order valence-electron chi connectivity index (χ4n) is 2.15. The first-order chi connectivity index (χ1) is 12.4. The van der Waals surface area contributed by atoms with Crippen LogP contribution in [0.1, 0.15) is 16.1 Å². The number of rotatable bonds is 4. The predicted molar refractivity (Wildman–Crippen MR) is 88.9 cm³/mol. The molecule has 0 atom stereocenters. The molecule has 1 aromatic heterocycles. The molecule has 6 nitrogen and oxygen atoms in total. The van der Waals surface area contributed by atoms with Crippen molar-refractivity contribution in [2.45, 2.75) is 6.18 Å². The van der Waals surface area contributed by atoms with Gasteiger partial charge in [-0.05, 0) is 24.3 Å². The first-order valence-corrected chi connectivity index (χ1v) is 7.64. The Bertz CT molecular complexity index is 941. The topological polar surface area (TPSA) is 71.8 Å². The maximum atomic E-state index is 12.9. The number of para-hydroxylation sites is 2. The van der Waals surface area contributed by atoms with Crippen molar-refractivity contribution in [1.29, 1.82) is 0 Å². The molecule has 2 aromatic carbocycles. The zero-order valence-electron chi connectivity index (χ0n) is 13.0. The molecule has 0 saturated carbocycles. The lowest BCUT2D eigenvalue weighted by molar-refractivity contribution is -0.137. The Morgan fingerprint density at radius 2 is 1.77 bits per heavy atom. The lowest BCUT2D eigenvalue weighted by Crippen LogP contribution is -2.30. The molecule has 134 valence electrons. The summed E-state index contributed by atoms with van der Waals surface area (Å²) in [6, 6.07) is 11.6. The lowest BCUT2D eigenvalue weighted by atomic mass is 10.2. The van der Waals surface area contributed by atoms with E-state index in [4.69, 9.17) is 11.6 Å². The summed E-state index contributed by atoms with van der Waals surface area (Å²) < 4.78 is 40.1. The van der Waals surface area contributed by atoms with Gasteiger partial charge in [-0.3, -0.25) is 15.6 Å². The zero-order chi connectivity index (χ0) is 18.7. The number of anilines is 1. The van der Waals surface area contributed by atoms with Gasteiger partial charge in [-0.2, -0.15) is 13.2 Å². The Balaban J connectivity index is 1.74. The molecule has 10 heteroatoms. The summed E-state index contributed by atoms with van der Waals surface area (Å²) in [6.45, 7) is 0. The highest BCUT2D eigenvalue weighted by atomic mass is 35.5. The van der Waals surface area contributed by atoms with Crippen molar-refractivity contribution in [3.63, 3.8) is 0 Å². The number of amides is 1. The number of hydrazine groups is 1. The van der Waals surface area contributed by atoms with Gasteiger partial charge in [0, 0.05) is 0 Å². The quantitative estimate of drug-likeness (QED) is 0.676. The molecule has 3 aromatic rings. The average Bonchev–Trinajstić information content (AvgIpc) is 3.09. The smallest absolute Gasteiger partial charge is 0.298 e. The van der Waals surface area contributed by atoms with Crippen LogP contribution in [0.2, 0.25) is 5.02 Å². The summed E-state index contributed by atoms with van der Waals surface area (Å²) in [5, 5.41) is 7.90. The van der Waals surface area contributed by atoms with E-state index >= 15 is 0 Å². The molecule has 0 bridgehead atoms. The molecule has 0 radical (unpaired) electrons. The van der Waals surface area contributed by atoms with Crippen molar-refractivity contribution in [2.24, 2.45) is 0 Å². The number of halogens is 4. The first kappa shape index (κ1) is 17.7. The third-order valence-electron chi connectivity index (χ3n) is 3.37. The number of alkyl halides is 3. The van der Waals surface area contributed by atoms with Gasteiger partial charge in [-0.25, -0.2) is 4.68 Å². The highest BCUT2D eigenvalue weighted by Crippen LogP contribution is 2.34. The average molecular weight is 382 g/mol. The van der Waals surface area contributed by atoms with Gasteiger partial charge >= 0.3 is 6.18 Å². The van der Waals surface area contributed by atoms with Gasteiger partial charge in [0.2, 0.25) is 0 Å². The third kappa shape index (κ3) is 3.77. The highest BCUT2D eigenvalue weighted by Gasteiger charge is 2.33. The number of nitrogens with zero attached hydrogens (tertiary/aromatic N) is 3. The Hall–Kier alpha value is -3.07. The maximum Gasteiger partial charge on any atom is 0.418 e. The molecule has 0 saturated heterocycles. The van der Waals surface area contributed by atoms with Crippen LogP contribution in [0, 0.1) is 0 Å². The molecular formula is C16H11ClF3N5O. The number of hydrogen-bond acceptors (Lipinski definition) is 4. The molecule has 0 aliphatic carbocycles. The van der Waals surface area contributed by atoms with Crippen LogP contribution < -0.4 is 10.9 Å². The molecular weight excluding hydrogens is 371 g/mol. The fourth-order valence-corrected chi connectivity index (χ4v) is 2.37. The summed E-state index contributed by atoms with van der Waals surface area (Å²) in [6.07, 6.45) is -3.24. The molecule has 1 heterocycles. The van der Waals surface area contributed by atoms with E-state index in [0.29, 0.717) is 10.7 Å². The highest BCUT2D eigenvalue weighted by molar-refractivity contribution is 6.32. The monoisotopic (exact) mass is 381 g/mol. The van der Waals surface area contributed by atoms with Gasteiger partial charge in [0.15, 0.2) is 5.69 Å². The molecule has 0 aliphatic heterocycles. The number of hydrogen-bond donors (Lipinski definition) is 2. The number of nitrogens with one attached hydrogen (secondary N) is 2. The molecule has 0 fully saturated rings. The minimum Gasteiger partial charge on any atom is -0.298 e. The van der Waals surface area contributed by atoms with E-state index in [1.807, 2.05) is 0 Å². The second-order valence-corrected chi connectivity index (χ2v) is 5.53. The summed E-state index contributed by atoms with van der Waals surface area (Å²) in [7, 11) is 0. The van der Waals surface area contributed by atoms with E-state index in [0.717, 1.165) is 6.07 Å². The summed E-state index contributed by atoms with van der Waals surface area (Å²) in [5.41, 5.74) is 3.65. The molecule has 0 aliphatic rings. The van der Waals surface area contributed by atoms with E-state index in [1.165, 1.54) is 29.1 Å². The molecule has 0 spiro atoms. The molecule has 26 heavy (non-hydrogen) atoms. The largest absolute Gasteiger partial charge is 0.418 e. The Morgan fingerprint density at radius 3 is 2.50 bits per heavy atom. The van der Waals surface area contributed by atoms with E-state index < -0.39 is 17.6 Å². The van der Waals surface area contributed by atoms with Gasteiger partial charge in [0.25, 0.3) is 5.91 Å². The Kier molecular flexibility index (Phi) is 4.81. The molecule has 2 N–H and O–H groups in total. The standard InChI is InChI=1S/C16H11ClF3N5O/c17-11-6-2-4-8-14(11)25-9-13(22-24-25)15(26)23-21-12-7-3-1-5-10(12)16(18,19)20/h1-9,21H,(H,23,26). The number of carbonyl (C=O) groups excluding carboxylic acids is 1. The first-order valence-electron chi connectivity index (χ1n) is 7.26. The SMILES string of the molecule is O=C(NNc1ccccc1C(F)(F)F)c1cn(-c2ccccc2Cl)nn1. The van der Waals surface area contributed by atoms with E-state index in [9.17, 15) is 18.0 Å². The van der Waals surface area contributed by atoms with E-state index in [2.05, 4.69) is 21.2 Å². The minimum absolute atomic E-state index is 0.0955. The van der Waals surface area contributed by atoms with Crippen LogP contribution in [0.4, 0.5) is 18.9 Å². The number of carbonyl (C=O) groups is 1. The second-order valence-electron chi connectivity index (χ2n) is 5.12. The van der Waals surface area contributed by atoms with Crippen molar-refractivity contribution in [1.82, 2.24) is 20.4 Å². The molecule has 0 unspecified atom stereocenters. The van der Waals surface area contributed by atoms with E-state index in [-0.39, 0.29) is 11.4 Å². The van der Waals surface area contributed by atoms with Gasteiger partial charge in [0.1, 0.15) is 0 Å². The molecule has 1 amide bonds. The van der Waals surface area contributed by atoms with Crippen molar-refractivity contribution >= 4 is 23.2 Å². The Labute approximate surface area is 150 Å². The van der Waals surface area contributed by atoms with Gasteiger partial charge in [-0.1, -0.05) is 41.1 Å². The van der Waals surface area contributed by atoms with Crippen LogP contribution in [0.15, 0.2) is 54.7 Å². The van der Waals surface area contributed by atoms with Crippen LogP contribution in [-0.4, -0.2) is 20.9 Å². The summed E-state index contributed by atoms with van der Waals surface area (Å²) >= 11 is 6.04. The van der Waals surface area contributed by atoms with Crippen LogP contribution in [0.5, 0.6) is 0 Å². The summed E-state index contributed by atoms with van der Waals surface area (Å²) in [5.74, 6) is -0.750. The van der Waals surface area contributed by atoms with Crippen molar-refractivity contribution in [2.75, 3.05) is 5.43 Å². The maximum absolute atomic E-state index is 12.9. The fraction of sp³-hybridized carbons (Fsp3) is 0.0625. The second kappa shape index (κ2) is 7.04. The summed E-state index contributed by atoms with van der Waals surface area (Å²) in [4.78, 5) is 12.1. The van der Waals surface area contributed by atoms with Crippen molar-refractivity contribution in [3.05, 3.63) is 71.0 Å². The van der Waals surface area contributed by atoms with Gasteiger partial charge in [-0.15, -0.1) is 5.10 Å². The van der Waals surface area contributed by atoms with E-state index in [1.54, 1.807) is 24.3 Å². The normalized spacial score (nSPS) is 11.2. The van der Waals surface area contributed by atoms with Crippen molar-refractivity contribution in [3.8, 4) is 5.69 Å². The minimum atomic E-state index is -4.55. The van der Waals surface area contributed by atoms with Gasteiger partial charge < -0.3 is 0 Å². The van der Waals surface area contributed by atoms with Crippen LogP contribution in [0.3, 0.4) is 0 Å². The number of aromatic nitrogens is 3. The van der Waals surface area contributed by atoms with Gasteiger partial charge in [0.05, 0.1) is 28.2 Å². The van der Waals surface area contributed by atoms with Crippen LogP contribution >= 0.6 is 11.6 Å². The lowest BCUT2D eigenvalue weighted by Gasteiger charge is -2.14. The molecule has 3 rings (SSSR count). The van der Waals surface area contributed by atoms with Crippen LogP contribution in [0.25, 0.3) is 5.69 Å². The third-order valence-corrected chi connectivity index (χ3v) is 3.69.